The summed E-state index contributed by atoms with van der Waals surface area (Å²) >= 11 is 0. The van der Waals surface area contributed by atoms with Gasteiger partial charge in [0.2, 0.25) is 0 Å². The highest BCUT2D eigenvalue weighted by atomic mass is 16.6. The van der Waals surface area contributed by atoms with Crippen molar-refractivity contribution < 1.29 is 18.6 Å². The maximum Gasteiger partial charge on any atom is 0.312 e. The zero-order chi connectivity index (χ0) is 19.8. The molecule has 4 rings (SSSR count). The van der Waals surface area contributed by atoms with Crippen LogP contribution in [0, 0.1) is 24.0 Å². The van der Waals surface area contributed by atoms with E-state index in [0.29, 0.717) is 29.3 Å². The first-order valence-corrected chi connectivity index (χ1v) is 8.61. The van der Waals surface area contributed by atoms with Crippen molar-refractivity contribution in [2.45, 2.75) is 32.9 Å². The summed E-state index contributed by atoms with van der Waals surface area (Å²) in [4.78, 5) is 23.7. The molecule has 10 heteroatoms. The summed E-state index contributed by atoms with van der Waals surface area (Å²) in [5.74, 6) is 0.815. The quantitative estimate of drug-likeness (QED) is 0.493. The lowest BCUT2D eigenvalue weighted by Gasteiger charge is -2.20. The zero-order valence-electron chi connectivity index (χ0n) is 15.2. The molecule has 28 heavy (non-hydrogen) atoms. The van der Waals surface area contributed by atoms with Crippen molar-refractivity contribution >= 4 is 17.3 Å². The molecular weight excluding hydrogens is 366 g/mol. The van der Waals surface area contributed by atoms with Gasteiger partial charge >= 0.3 is 5.69 Å². The van der Waals surface area contributed by atoms with E-state index in [-0.39, 0.29) is 23.8 Å². The predicted octanol–water partition coefficient (Wildman–Crippen LogP) is 2.97. The van der Waals surface area contributed by atoms with E-state index in [0.717, 1.165) is 0 Å². The van der Waals surface area contributed by atoms with Crippen molar-refractivity contribution in [3.8, 4) is 0 Å². The summed E-state index contributed by atoms with van der Waals surface area (Å²) in [6.07, 6.45) is 3.51. The molecule has 4 heterocycles. The Labute approximate surface area is 159 Å². The van der Waals surface area contributed by atoms with Crippen LogP contribution in [0.2, 0.25) is 0 Å². The highest BCUT2D eigenvalue weighted by molar-refractivity contribution is 6.01. The van der Waals surface area contributed by atoms with Gasteiger partial charge in [-0.1, -0.05) is 0 Å². The molecule has 0 saturated carbocycles. The number of nitrogens with zero attached hydrogens (tertiary/aromatic N) is 5. The molecule has 10 nitrogen and oxygen atoms in total. The maximum atomic E-state index is 13.0. The number of aromatic nitrogens is 2. The van der Waals surface area contributed by atoms with Gasteiger partial charge in [0.05, 0.1) is 17.4 Å². The summed E-state index contributed by atoms with van der Waals surface area (Å²) in [5.41, 5.74) is 1.12. The van der Waals surface area contributed by atoms with Crippen molar-refractivity contribution in [2.24, 2.45) is 5.10 Å². The third kappa shape index (κ3) is 2.98. The Morgan fingerprint density at radius 3 is 2.64 bits per heavy atom. The number of carbonyl (C=O) groups is 1. The third-order valence-corrected chi connectivity index (χ3v) is 4.65. The average Bonchev–Trinajstić information content (AvgIpc) is 3.42. The molecule has 0 fully saturated rings. The van der Waals surface area contributed by atoms with Gasteiger partial charge in [-0.05, 0) is 38.1 Å². The second kappa shape index (κ2) is 6.80. The monoisotopic (exact) mass is 383 g/mol. The Kier molecular flexibility index (Phi) is 4.30. The Morgan fingerprint density at radius 1 is 1.29 bits per heavy atom. The molecular formula is C18H17N5O5. The smallest absolute Gasteiger partial charge is 0.312 e. The van der Waals surface area contributed by atoms with Gasteiger partial charge in [0.15, 0.2) is 0 Å². The number of rotatable bonds is 5. The van der Waals surface area contributed by atoms with Crippen molar-refractivity contribution in [2.75, 3.05) is 0 Å². The highest BCUT2D eigenvalue weighted by Crippen LogP contribution is 2.33. The van der Waals surface area contributed by atoms with Crippen LogP contribution in [0.15, 0.2) is 50.7 Å². The maximum absolute atomic E-state index is 13.0. The first-order chi connectivity index (χ1) is 13.5. The molecule has 0 bridgehead atoms. The molecule has 1 aliphatic heterocycles. The Hall–Kier alpha value is -3.69. The number of carbonyl (C=O) groups excluding carboxylic acids is 1. The van der Waals surface area contributed by atoms with Gasteiger partial charge in [0, 0.05) is 6.42 Å². The Bertz CT molecular complexity index is 1050. The van der Waals surface area contributed by atoms with Crippen LogP contribution in [0.25, 0.3) is 0 Å². The summed E-state index contributed by atoms with van der Waals surface area (Å²) in [5, 5.41) is 21.1. The number of hydrogen-bond donors (Lipinski definition) is 0. The number of hydrazone groups is 1. The van der Waals surface area contributed by atoms with Crippen LogP contribution in [0.4, 0.5) is 5.69 Å². The topological polar surface area (TPSA) is 120 Å². The van der Waals surface area contributed by atoms with Crippen molar-refractivity contribution in [1.29, 1.82) is 0 Å². The van der Waals surface area contributed by atoms with Crippen molar-refractivity contribution in [3.63, 3.8) is 0 Å². The standard InChI is InChI=1S/C18H17N5O5/c1-11-18(23(25)26)12(2)21(19-11)10-17(24)22-14(16-6-4-8-28-16)9-13(20-22)15-5-3-7-27-15/h3-8,14H,9-10H2,1-2H3. The molecule has 1 amide bonds. The second-order valence-electron chi connectivity index (χ2n) is 6.43. The van der Waals surface area contributed by atoms with E-state index >= 15 is 0 Å². The van der Waals surface area contributed by atoms with E-state index in [1.807, 2.05) is 0 Å². The fourth-order valence-corrected chi connectivity index (χ4v) is 3.34. The number of aryl methyl sites for hydroxylation is 1. The van der Waals surface area contributed by atoms with Gasteiger partial charge in [-0.15, -0.1) is 0 Å². The van der Waals surface area contributed by atoms with E-state index in [2.05, 4.69) is 10.2 Å². The molecule has 1 atom stereocenters. The van der Waals surface area contributed by atoms with Gasteiger partial charge in [-0.2, -0.15) is 10.2 Å². The van der Waals surface area contributed by atoms with Gasteiger partial charge in [0.25, 0.3) is 5.91 Å². The molecule has 144 valence electrons. The molecule has 1 aliphatic rings. The van der Waals surface area contributed by atoms with E-state index in [4.69, 9.17) is 8.83 Å². The summed E-state index contributed by atoms with van der Waals surface area (Å²) < 4.78 is 12.2. The van der Waals surface area contributed by atoms with Crippen LogP contribution in [0.3, 0.4) is 0 Å². The van der Waals surface area contributed by atoms with Crippen LogP contribution in [0.5, 0.6) is 0 Å². The summed E-state index contributed by atoms with van der Waals surface area (Å²) in [6.45, 7) is 2.93. The minimum absolute atomic E-state index is 0.0865. The molecule has 0 aliphatic carbocycles. The zero-order valence-corrected chi connectivity index (χ0v) is 15.2. The normalized spacial score (nSPS) is 16.4. The van der Waals surface area contributed by atoms with E-state index in [1.165, 1.54) is 16.0 Å². The Morgan fingerprint density at radius 2 is 2.04 bits per heavy atom. The van der Waals surface area contributed by atoms with Crippen molar-refractivity contribution in [3.05, 3.63) is 69.8 Å². The second-order valence-corrected chi connectivity index (χ2v) is 6.43. The van der Waals surface area contributed by atoms with Crippen LogP contribution >= 0.6 is 0 Å². The van der Waals surface area contributed by atoms with Crippen LogP contribution < -0.4 is 0 Å². The SMILES string of the molecule is Cc1nn(CC(=O)N2N=C(c3ccco3)CC2c2ccco2)c(C)c1[N+](=O)[O-]. The first kappa shape index (κ1) is 17.7. The molecule has 1 unspecified atom stereocenters. The number of nitro groups is 1. The van der Waals surface area contributed by atoms with Gasteiger partial charge in [-0.25, -0.2) is 5.01 Å². The van der Waals surface area contributed by atoms with E-state index in [9.17, 15) is 14.9 Å². The largest absolute Gasteiger partial charge is 0.467 e. The molecule has 3 aromatic rings. The molecule has 0 saturated heterocycles. The van der Waals surface area contributed by atoms with E-state index in [1.54, 1.807) is 44.4 Å². The minimum Gasteiger partial charge on any atom is -0.467 e. The predicted molar refractivity (Wildman–Crippen MR) is 96.5 cm³/mol. The van der Waals surface area contributed by atoms with Crippen LogP contribution in [-0.4, -0.2) is 31.3 Å². The molecule has 0 N–H and O–H groups in total. The third-order valence-electron chi connectivity index (χ3n) is 4.65. The van der Waals surface area contributed by atoms with Gasteiger partial charge < -0.3 is 8.83 Å². The van der Waals surface area contributed by atoms with Gasteiger partial charge in [0.1, 0.15) is 41.2 Å². The molecule has 0 aromatic carbocycles. The molecule has 3 aromatic heterocycles. The lowest BCUT2D eigenvalue weighted by Crippen LogP contribution is -2.30. The van der Waals surface area contributed by atoms with Gasteiger partial charge in [-0.3, -0.25) is 19.6 Å². The lowest BCUT2D eigenvalue weighted by atomic mass is 10.1. The number of furan rings is 2. The molecule has 0 radical (unpaired) electrons. The van der Waals surface area contributed by atoms with Crippen LogP contribution in [0.1, 0.15) is 35.4 Å². The summed E-state index contributed by atoms with van der Waals surface area (Å²) in [6, 6.07) is 6.62. The number of amides is 1. The summed E-state index contributed by atoms with van der Waals surface area (Å²) in [7, 11) is 0. The highest BCUT2D eigenvalue weighted by Gasteiger charge is 2.36. The van der Waals surface area contributed by atoms with Crippen molar-refractivity contribution in [1.82, 2.24) is 14.8 Å². The van der Waals surface area contributed by atoms with Crippen LogP contribution in [-0.2, 0) is 11.3 Å². The average molecular weight is 383 g/mol. The number of hydrogen-bond acceptors (Lipinski definition) is 7. The lowest BCUT2D eigenvalue weighted by molar-refractivity contribution is -0.386. The van der Waals surface area contributed by atoms with E-state index < -0.39 is 11.0 Å². The fourth-order valence-electron chi connectivity index (χ4n) is 3.34. The minimum atomic E-state index is -0.493. The fraction of sp³-hybridized carbons (Fsp3) is 0.278. The molecule has 0 spiro atoms. The Balaban J connectivity index is 1.64. The first-order valence-electron chi connectivity index (χ1n) is 8.61.